The van der Waals surface area contributed by atoms with Crippen molar-refractivity contribution in [3.05, 3.63) is 53.6 Å². The van der Waals surface area contributed by atoms with E-state index in [-0.39, 0.29) is 18.4 Å². The van der Waals surface area contributed by atoms with Gasteiger partial charge in [0.1, 0.15) is 0 Å². The minimum Gasteiger partial charge on any atom is -0.377 e. The zero-order valence-corrected chi connectivity index (χ0v) is 18.7. The molecule has 5 nitrogen and oxygen atoms in total. The van der Waals surface area contributed by atoms with E-state index < -0.39 is 9.84 Å². The van der Waals surface area contributed by atoms with Crippen molar-refractivity contribution in [2.24, 2.45) is 5.92 Å². The molecule has 1 aliphatic heterocycles. The minimum absolute atomic E-state index is 0. The van der Waals surface area contributed by atoms with Crippen LogP contribution in [0.4, 0.5) is 11.4 Å². The Morgan fingerprint density at radius 3 is 2.55 bits per heavy atom. The molecule has 0 saturated carbocycles. The lowest BCUT2D eigenvalue weighted by molar-refractivity contribution is 0.433. The van der Waals surface area contributed by atoms with Crippen molar-refractivity contribution in [2.45, 2.75) is 30.7 Å². The van der Waals surface area contributed by atoms with Gasteiger partial charge < -0.3 is 15.5 Å². The summed E-state index contributed by atoms with van der Waals surface area (Å²) in [6, 6.07) is 14.3. The topological polar surface area (TPSA) is 61.4 Å². The maximum Gasteiger partial charge on any atom is 0.177 e. The van der Waals surface area contributed by atoms with Gasteiger partial charge in [0.15, 0.2) is 9.84 Å². The quantitative estimate of drug-likeness (QED) is 0.767. The second-order valence-electron chi connectivity index (χ2n) is 8.03. The number of hydrogen-bond donors (Lipinski definition) is 2. The average molecular weight is 436 g/mol. The third kappa shape index (κ3) is 4.71. The highest BCUT2D eigenvalue weighted by Crippen LogP contribution is 2.39. The number of nitrogens with zero attached hydrogens (tertiary/aromatic N) is 1. The summed E-state index contributed by atoms with van der Waals surface area (Å²) in [5, 5.41) is 6.98. The van der Waals surface area contributed by atoms with Crippen LogP contribution in [0.2, 0.25) is 0 Å². The van der Waals surface area contributed by atoms with Gasteiger partial charge in [-0.1, -0.05) is 31.2 Å². The lowest BCUT2D eigenvalue weighted by Gasteiger charge is -2.34. The van der Waals surface area contributed by atoms with Gasteiger partial charge in [-0.25, -0.2) is 8.42 Å². The monoisotopic (exact) mass is 435 g/mol. The van der Waals surface area contributed by atoms with Gasteiger partial charge >= 0.3 is 0 Å². The summed E-state index contributed by atoms with van der Waals surface area (Å²) in [7, 11) is -3.32. The Morgan fingerprint density at radius 2 is 1.83 bits per heavy atom. The first kappa shape index (κ1) is 21.9. The predicted octanol–water partition coefficient (Wildman–Crippen LogP) is 3.66. The fourth-order valence-electron chi connectivity index (χ4n) is 4.38. The second kappa shape index (κ2) is 8.94. The van der Waals surface area contributed by atoms with Crippen LogP contribution in [0.3, 0.4) is 0 Å². The highest BCUT2D eigenvalue weighted by Gasteiger charge is 2.28. The molecule has 2 N–H and O–H groups in total. The van der Waals surface area contributed by atoms with Gasteiger partial charge in [-0.3, -0.25) is 0 Å². The van der Waals surface area contributed by atoms with Crippen LogP contribution in [0.5, 0.6) is 0 Å². The van der Waals surface area contributed by atoms with Crippen molar-refractivity contribution < 1.29 is 8.42 Å². The number of benzene rings is 2. The molecule has 0 aromatic heterocycles. The highest BCUT2D eigenvalue weighted by molar-refractivity contribution is 7.90. The van der Waals surface area contributed by atoms with E-state index in [2.05, 4.69) is 46.7 Å². The minimum atomic E-state index is -3.32. The maximum atomic E-state index is 12.4. The van der Waals surface area contributed by atoms with E-state index in [9.17, 15) is 8.42 Å². The molecule has 158 valence electrons. The Hall–Kier alpha value is -1.76. The maximum absolute atomic E-state index is 12.4. The van der Waals surface area contributed by atoms with E-state index in [1.165, 1.54) is 17.4 Å². The number of piperazine rings is 1. The molecule has 0 amide bonds. The van der Waals surface area contributed by atoms with Crippen molar-refractivity contribution in [3.63, 3.8) is 0 Å². The summed E-state index contributed by atoms with van der Waals surface area (Å²) in [4.78, 5) is 2.69. The first-order valence-corrected chi connectivity index (χ1v) is 12.0. The van der Waals surface area contributed by atoms with Gasteiger partial charge in [-0.2, -0.15) is 0 Å². The summed E-state index contributed by atoms with van der Waals surface area (Å²) >= 11 is 0. The number of anilines is 2. The SMILES string of the molecule is CC1CCc2ccccc2C1Nc1cc(N2CCNCC2)ccc1S(C)(=O)=O.Cl. The van der Waals surface area contributed by atoms with Gasteiger partial charge in [0.25, 0.3) is 0 Å². The molecule has 1 aliphatic carbocycles. The summed E-state index contributed by atoms with van der Waals surface area (Å²) in [5.41, 5.74) is 4.44. The van der Waals surface area contributed by atoms with Crippen LogP contribution in [0.25, 0.3) is 0 Å². The van der Waals surface area contributed by atoms with Crippen molar-refractivity contribution in [1.82, 2.24) is 5.32 Å². The molecule has 2 atom stereocenters. The number of halogens is 1. The van der Waals surface area contributed by atoms with Crippen LogP contribution >= 0.6 is 12.4 Å². The van der Waals surface area contributed by atoms with Gasteiger partial charge in [0.05, 0.1) is 16.6 Å². The predicted molar refractivity (Wildman–Crippen MR) is 122 cm³/mol. The van der Waals surface area contributed by atoms with Crippen molar-refractivity contribution in [1.29, 1.82) is 0 Å². The third-order valence-electron chi connectivity index (χ3n) is 5.98. The number of hydrogen-bond acceptors (Lipinski definition) is 5. The van der Waals surface area contributed by atoms with Gasteiger partial charge in [0, 0.05) is 38.1 Å². The molecule has 1 fully saturated rings. The Balaban J connectivity index is 0.00000240. The molecule has 7 heteroatoms. The van der Waals surface area contributed by atoms with Crippen molar-refractivity contribution in [2.75, 3.05) is 42.7 Å². The van der Waals surface area contributed by atoms with E-state index in [1.54, 1.807) is 6.07 Å². The lowest BCUT2D eigenvalue weighted by atomic mass is 9.80. The number of nitrogens with one attached hydrogen (secondary N) is 2. The Kier molecular flexibility index (Phi) is 6.76. The lowest BCUT2D eigenvalue weighted by Crippen LogP contribution is -2.43. The van der Waals surface area contributed by atoms with Crippen LogP contribution in [-0.4, -0.2) is 40.9 Å². The summed E-state index contributed by atoms with van der Waals surface area (Å²) in [6.45, 7) is 6.00. The molecule has 2 aliphatic rings. The molecule has 0 spiro atoms. The number of aryl methyl sites for hydroxylation is 1. The van der Waals surface area contributed by atoms with Crippen molar-refractivity contribution >= 4 is 33.6 Å². The van der Waals surface area contributed by atoms with Crippen molar-refractivity contribution in [3.8, 4) is 0 Å². The molecule has 0 bridgehead atoms. The van der Waals surface area contributed by atoms with E-state index in [0.29, 0.717) is 16.5 Å². The Morgan fingerprint density at radius 1 is 1.10 bits per heavy atom. The first-order chi connectivity index (χ1) is 13.4. The highest BCUT2D eigenvalue weighted by atomic mass is 35.5. The molecule has 1 heterocycles. The third-order valence-corrected chi connectivity index (χ3v) is 7.14. The smallest absolute Gasteiger partial charge is 0.177 e. The Labute approximate surface area is 180 Å². The Bertz CT molecular complexity index is 958. The first-order valence-electron chi connectivity index (χ1n) is 10.1. The van der Waals surface area contributed by atoms with Crippen LogP contribution < -0.4 is 15.5 Å². The summed E-state index contributed by atoms with van der Waals surface area (Å²) in [6.07, 6.45) is 3.46. The largest absolute Gasteiger partial charge is 0.377 e. The molecular formula is C22H30ClN3O2S. The molecule has 4 rings (SSSR count). The molecule has 29 heavy (non-hydrogen) atoms. The zero-order chi connectivity index (χ0) is 19.7. The number of rotatable bonds is 4. The van der Waals surface area contributed by atoms with Crippen LogP contribution in [0, 0.1) is 5.92 Å². The van der Waals surface area contributed by atoms with E-state index in [1.807, 2.05) is 12.1 Å². The van der Waals surface area contributed by atoms with Gasteiger partial charge in [-0.05, 0) is 48.1 Å². The van der Waals surface area contributed by atoms with E-state index in [4.69, 9.17) is 0 Å². The van der Waals surface area contributed by atoms with Gasteiger partial charge in [-0.15, -0.1) is 12.4 Å². The van der Waals surface area contributed by atoms with Crippen LogP contribution in [0.1, 0.15) is 30.5 Å². The van der Waals surface area contributed by atoms with Gasteiger partial charge in [0.2, 0.25) is 0 Å². The molecule has 2 aromatic carbocycles. The summed E-state index contributed by atoms with van der Waals surface area (Å²) < 4.78 is 24.9. The molecule has 2 aromatic rings. The van der Waals surface area contributed by atoms with E-state index in [0.717, 1.165) is 44.7 Å². The normalized spacial score (nSPS) is 21.8. The molecule has 1 saturated heterocycles. The second-order valence-corrected chi connectivity index (χ2v) is 10.0. The van der Waals surface area contributed by atoms with Crippen LogP contribution in [0.15, 0.2) is 47.4 Å². The number of sulfone groups is 1. The van der Waals surface area contributed by atoms with E-state index >= 15 is 0 Å². The summed E-state index contributed by atoms with van der Waals surface area (Å²) in [5.74, 6) is 0.435. The number of fused-ring (bicyclic) bond motifs is 1. The zero-order valence-electron chi connectivity index (χ0n) is 17.0. The molecule has 2 unspecified atom stereocenters. The van der Waals surface area contributed by atoms with Crippen LogP contribution in [-0.2, 0) is 16.3 Å². The molecule has 0 radical (unpaired) electrons. The molecular weight excluding hydrogens is 406 g/mol. The standard InChI is InChI=1S/C22H29N3O2S.ClH/c1-16-7-8-17-5-3-4-6-19(17)22(16)24-20-15-18(25-13-11-23-12-14-25)9-10-21(20)28(2,26)27;/h3-6,9-10,15-16,22-24H,7-8,11-14H2,1-2H3;1H. The fourth-order valence-corrected chi connectivity index (χ4v) is 5.22. The fraction of sp³-hybridized carbons (Fsp3) is 0.455. The average Bonchev–Trinajstić information content (AvgIpc) is 2.70.